The van der Waals surface area contributed by atoms with Crippen LogP contribution in [-0.2, 0) is 16.0 Å². The van der Waals surface area contributed by atoms with E-state index < -0.39 is 22.6 Å². The molecule has 2 amide bonds. The molecule has 1 fully saturated rings. The van der Waals surface area contributed by atoms with Gasteiger partial charge in [0, 0.05) is 18.4 Å². The monoisotopic (exact) mass is 266 g/mol. The van der Waals surface area contributed by atoms with E-state index in [2.05, 4.69) is 5.32 Å². The lowest BCUT2D eigenvalue weighted by molar-refractivity contribution is -0.385. The maximum atomic E-state index is 13.2. The summed E-state index contributed by atoms with van der Waals surface area (Å²) in [7, 11) is 0. The van der Waals surface area contributed by atoms with Gasteiger partial charge in [-0.05, 0) is 24.5 Å². The third-order valence-corrected chi connectivity index (χ3v) is 2.99. The average molecular weight is 266 g/mol. The van der Waals surface area contributed by atoms with Crippen LogP contribution in [0.5, 0.6) is 0 Å². The van der Waals surface area contributed by atoms with Crippen molar-refractivity contribution in [3.63, 3.8) is 0 Å². The van der Waals surface area contributed by atoms with Gasteiger partial charge in [0.2, 0.25) is 11.8 Å². The van der Waals surface area contributed by atoms with E-state index in [1.807, 2.05) is 0 Å². The number of hydrogen-bond acceptors (Lipinski definition) is 4. The number of amides is 2. The molecule has 0 spiro atoms. The number of carbonyl (C=O) groups excluding carboxylic acids is 2. The predicted molar refractivity (Wildman–Crippen MR) is 62.6 cm³/mol. The van der Waals surface area contributed by atoms with Crippen LogP contribution in [0.15, 0.2) is 18.2 Å². The summed E-state index contributed by atoms with van der Waals surface area (Å²) in [4.78, 5) is 32.5. The van der Waals surface area contributed by atoms with Gasteiger partial charge in [0.15, 0.2) is 0 Å². The van der Waals surface area contributed by atoms with E-state index >= 15 is 0 Å². The molecule has 19 heavy (non-hydrogen) atoms. The fourth-order valence-electron chi connectivity index (χ4n) is 2.07. The van der Waals surface area contributed by atoms with Gasteiger partial charge >= 0.3 is 0 Å². The molecule has 0 aromatic heterocycles. The van der Waals surface area contributed by atoms with Crippen LogP contribution in [0.1, 0.15) is 18.4 Å². The number of hydrogen-bond donors (Lipinski definition) is 1. The number of carbonyl (C=O) groups is 2. The zero-order chi connectivity index (χ0) is 14.0. The summed E-state index contributed by atoms with van der Waals surface area (Å²) in [6.07, 6.45) is 0.778. The molecule has 1 atom stereocenters. The number of nitrogens with zero attached hydrogens (tertiary/aromatic N) is 1. The SMILES string of the molecule is O=C1CCC(Cc2cc(F)cc([N+](=O)[O-])c2)C(=O)N1. The number of halogens is 1. The van der Waals surface area contributed by atoms with Crippen molar-refractivity contribution in [3.05, 3.63) is 39.7 Å². The van der Waals surface area contributed by atoms with Gasteiger partial charge in [-0.2, -0.15) is 0 Å². The smallest absolute Gasteiger partial charge is 0.272 e. The van der Waals surface area contributed by atoms with E-state index in [9.17, 15) is 24.1 Å². The standard InChI is InChI=1S/C12H11FN2O4/c13-9-4-7(5-10(6-9)15(18)19)3-8-1-2-11(16)14-12(8)17/h4-6,8H,1-3H2,(H,14,16,17). The van der Waals surface area contributed by atoms with Crippen molar-refractivity contribution in [1.29, 1.82) is 0 Å². The highest BCUT2D eigenvalue weighted by Gasteiger charge is 2.27. The quantitative estimate of drug-likeness (QED) is 0.507. The van der Waals surface area contributed by atoms with Crippen molar-refractivity contribution < 1.29 is 18.9 Å². The van der Waals surface area contributed by atoms with Crippen molar-refractivity contribution in [2.24, 2.45) is 5.92 Å². The highest BCUT2D eigenvalue weighted by molar-refractivity contribution is 5.98. The van der Waals surface area contributed by atoms with E-state index in [0.717, 1.165) is 12.1 Å². The molecular weight excluding hydrogens is 255 g/mol. The highest BCUT2D eigenvalue weighted by atomic mass is 19.1. The molecule has 0 bridgehead atoms. The summed E-state index contributed by atoms with van der Waals surface area (Å²) in [6, 6.07) is 3.23. The lowest BCUT2D eigenvalue weighted by atomic mass is 9.91. The Hall–Kier alpha value is -2.31. The molecule has 1 aromatic carbocycles. The minimum atomic E-state index is -0.712. The van der Waals surface area contributed by atoms with E-state index in [1.165, 1.54) is 6.07 Å². The molecule has 1 saturated heterocycles. The maximum Gasteiger partial charge on any atom is 0.272 e. The van der Waals surface area contributed by atoms with E-state index in [-0.39, 0.29) is 24.4 Å². The molecule has 7 heteroatoms. The number of rotatable bonds is 3. The van der Waals surface area contributed by atoms with Gasteiger partial charge in [-0.1, -0.05) is 0 Å². The second-order valence-corrected chi connectivity index (χ2v) is 4.43. The molecule has 2 rings (SSSR count). The highest BCUT2D eigenvalue weighted by Crippen LogP contribution is 2.22. The second-order valence-electron chi connectivity index (χ2n) is 4.43. The van der Waals surface area contributed by atoms with Crippen molar-refractivity contribution >= 4 is 17.5 Å². The molecule has 0 aliphatic carbocycles. The summed E-state index contributed by atoms with van der Waals surface area (Å²) in [5.41, 5.74) is 0.0310. The molecule has 0 saturated carbocycles. The van der Waals surface area contributed by atoms with Crippen LogP contribution in [0.2, 0.25) is 0 Å². The largest absolute Gasteiger partial charge is 0.296 e. The first-order chi connectivity index (χ1) is 8.95. The van der Waals surface area contributed by atoms with Crippen molar-refractivity contribution in [2.75, 3.05) is 0 Å². The van der Waals surface area contributed by atoms with Crippen LogP contribution in [0.3, 0.4) is 0 Å². The van der Waals surface area contributed by atoms with Crippen LogP contribution in [-0.4, -0.2) is 16.7 Å². The Balaban J connectivity index is 2.17. The van der Waals surface area contributed by atoms with Gasteiger partial charge in [0.25, 0.3) is 5.69 Å². The number of imide groups is 1. The van der Waals surface area contributed by atoms with Gasteiger partial charge < -0.3 is 0 Å². The molecule has 1 aliphatic rings. The molecule has 1 aromatic rings. The lowest BCUT2D eigenvalue weighted by Crippen LogP contribution is -2.41. The summed E-state index contributed by atoms with van der Waals surface area (Å²) in [5, 5.41) is 12.8. The topological polar surface area (TPSA) is 89.3 Å². The Morgan fingerprint density at radius 2 is 2.11 bits per heavy atom. The Labute approximate surface area is 107 Å². The maximum absolute atomic E-state index is 13.2. The number of non-ortho nitro benzene ring substituents is 1. The molecule has 6 nitrogen and oxygen atoms in total. The molecule has 1 heterocycles. The summed E-state index contributed by atoms with van der Waals surface area (Å²) >= 11 is 0. The number of nitrogens with one attached hydrogen (secondary N) is 1. The van der Waals surface area contributed by atoms with Gasteiger partial charge in [-0.15, -0.1) is 0 Å². The van der Waals surface area contributed by atoms with Crippen molar-refractivity contribution in [1.82, 2.24) is 5.32 Å². The fourth-order valence-corrected chi connectivity index (χ4v) is 2.07. The number of nitro groups is 1. The lowest BCUT2D eigenvalue weighted by Gasteiger charge is -2.20. The zero-order valence-corrected chi connectivity index (χ0v) is 9.89. The summed E-state index contributed by atoms with van der Waals surface area (Å²) in [5.74, 6) is -1.91. The minimum absolute atomic E-state index is 0.178. The zero-order valence-electron chi connectivity index (χ0n) is 9.89. The third-order valence-electron chi connectivity index (χ3n) is 2.99. The Bertz CT molecular complexity index is 559. The molecule has 0 radical (unpaired) electrons. The summed E-state index contributed by atoms with van der Waals surface area (Å²) in [6.45, 7) is 0. The molecule has 100 valence electrons. The van der Waals surface area contributed by atoms with Crippen LogP contribution < -0.4 is 5.32 Å². The first kappa shape index (κ1) is 13.1. The van der Waals surface area contributed by atoms with Crippen molar-refractivity contribution in [3.8, 4) is 0 Å². The van der Waals surface area contributed by atoms with Crippen LogP contribution >= 0.6 is 0 Å². The molecular formula is C12H11FN2O4. The van der Waals surface area contributed by atoms with Gasteiger partial charge in [-0.3, -0.25) is 25.0 Å². The molecule has 1 aliphatic heterocycles. The number of benzene rings is 1. The first-order valence-electron chi connectivity index (χ1n) is 5.73. The Morgan fingerprint density at radius 3 is 2.74 bits per heavy atom. The number of piperidine rings is 1. The van der Waals surface area contributed by atoms with E-state index in [4.69, 9.17) is 0 Å². The average Bonchev–Trinajstić information content (AvgIpc) is 2.32. The minimum Gasteiger partial charge on any atom is -0.296 e. The van der Waals surface area contributed by atoms with Gasteiger partial charge in [0.05, 0.1) is 11.0 Å². The molecule has 1 N–H and O–H groups in total. The molecule has 1 unspecified atom stereocenters. The Morgan fingerprint density at radius 1 is 1.37 bits per heavy atom. The van der Waals surface area contributed by atoms with Gasteiger partial charge in [0.1, 0.15) is 5.82 Å². The fraction of sp³-hybridized carbons (Fsp3) is 0.333. The van der Waals surface area contributed by atoms with Crippen molar-refractivity contribution in [2.45, 2.75) is 19.3 Å². The first-order valence-corrected chi connectivity index (χ1v) is 5.73. The third kappa shape index (κ3) is 3.12. The van der Waals surface area contributed by atoms with Crippen LogP contribution in [0, 0.1) is 21.8 Å². The van der Waals surface area contributed by atoms with E-state index in [0.29, 0.717) is 12.0 Å². The van der Waals surface area contributed by atoms with E-state index in [1.54, 1.807) is 0 Å². The van der Waals surface area contributed by atoms with Crippen LogP contribution in [0.4, 0.5) is 10.1 Å². The van der Waals surface area contributed by atoms with Gasteiger partial charge in [-0.25, -0.2) is 4.39 Å². The normalized spacial score (nSPS) is 19.1. The summed E-state index contributed by atoms with van der Waals surface area (Å²) < 4.78 is 13.2. The Kier molecular flexibility index (Phi) is 3.55. The predicted octanol–water partition coefficient (Wildman–Crippen LogP) is 1.33. The second kappa shape index (κ2) is 5.13. The number of nitro benzene ring substituents is 1. The van der Waals surface area contributed by atoms with Crippen LogP contribution in [0.25, 0.3) is 0 Å².